The van der Waals surface area contributed by atoms with Gasteiger partial charge in [-0.15, -0.1) is 0 Å². The first kappa shape index (κ1) is 14.6. The molecule has 0 spiro atoms. The summed E-state index contributed by atoms with van der Waals surface area (Å²) < 4.78 is 63.3. The molecule has 2 aromatic rings. The van der Waals surface area contributed by atoms with E-state index in [9.17, 15) is 21.6 Å². The quantitative estimate of drug-likeness (QED) is 0.632. The first-order chi connectivity index (χ1) is 9.12. The number of aromatic nitrogens is 1. The molecular weight excluding hydrogens is 295 g/mol. The second-order valence-electron chi connectivity index (χ2n) is 4.25. The van der Waals surface area contributed by atoms with Crippen LogP contribution >= 0.6 is 0 Å². The van der Waals surface area contributed by atoms with Crippen LogP contribution in [0.25, 0.3) is 10.9 Å². The molecule has 0 N–H and O–H groups in total. The fourth-order valence-electron chi connectivity index (χ4n) is 1.62. The minimum atomic E-state index is -5.69. The third kappa shape index (κ3) is 2.55. The van der Waals surface area contributed by atoms with E-state index in [1.165, 1.54) is 6.20 Å². The molecule has 0 aliphatic heterocycles. The Hall–Kier alpha value is -1.83. The Kier molecular flexibility index (Phi) is 3.37. The van der Waals surface area contributed by atoms with Crippen LogP contribution in [-0.2, 0) is 10.1 Å². The maximum Gasteiger partial charge on any atom is 0.534 e. The second kappa shape index (κ2) is 4.62. The molecule has 0 bridgehead atoms. The molecular formula is C12H10F3NO3S. The maximum atomic E-state index is 12.3. The summed E-state index contributed by atoms with van der Waals surface area (Å²) in [6.07, 6.45) is 1.19. The van der Waals surface area contributed by atoms with Gasteiger partial charge in [0.2, 0.25) is 0 Å². The summed E-state index contributed by atoms with van der Waals surface area (Å²) in [5.74, 6) is -0.393. The third-order valence-electron chi connectivity index (χ3n) is 2.80. The summed E-state index contributed by atoms with van der Waals surface area (Å²) in [7, 11) is -5.69. The van der Waals surface area contributed by atoms with Crippen molar-refractivity contribution in [1.82, 2.24) is 4.98 Å². The van der Waals surface area contributed by atoms with Gasteiger partial charge in [-0.2, -0.15) is 21.6 Å². The predicted molar refractivity (Wildman–Crippen MR) is 66.8 cm³/mol. The van der Waals surface area contributed by atoms with Crippen LogP contribution < -0.4 is 4.18 Å². The van der Waals surface area contributed by atoms with Crippen LogP contribution in [0.5, 0.6) is 5.75 Å². The summed E-state index contributed by atoms with van der Waals surface area (Å²) in [5.41, 5.74) is -3.42. The number of hydrogen-bond donors (Lipinski definition) is 0. The molecule has 0 saturated carbocycles. The minimum absolute atomic E-state index is 0.212. The molecule has 4 nitrogen and oxygen atoms in total. The molecule has 1 aromatic heterocycles. The van der Waals surface area contributed by atoms with Gasteiger partial charge in [0, 0.05) is 17.6 Å². The monoisotopic (exact) mass is 305 g/mol. The molecule has 0 fully saturated rings. The summed E-state index contributed by atoms with van der Waals surface area (Å²) in [6.45, 7) is 3.57. The van der Waals surface area contributed by atoms with E-state index in [2.05, 4.69) is 9.17 Å². The van der Waals surface area contributed by atoms with E-state index in [1.807, 2.05) is 6.92 Å². The van der Waals surface area contributed by atoms with Gasteiger partial charge in [0.25, 0.3) is 0 Å². The number of benzene rings is 1. The van der Waals surface area contributed by atoms with Crippen molar-refractivity contribution < 1.29 is 25.8 Å². The van der Waals surface area contributed by atoms with Crippen molar-refractivity contribution in [3.05, 3.63) is 35.5 Å². The van der Waals surface area contributed by atoms with Crippen LogP contribution in [0.15, 0.2) is 24.4 Å². The fourth-order valence-corrected chi connectivity index (χ4v) is 2.09. The fraction of sp³-hybridized carbons (Fsp3) is 0.250. The molecule has 0 saturated heterocycles. The molecule has 0 aliphatic carbocycles. The average molecular weight is 305 g/mol. The van der Waals surface area contributed by atoms with Crippen molar-refractivity contribution >= 4 is 21.0 Å². The van der Waals surface area contributed by atoms with Crippen LogP contribution in [0.3, 0.4) is 0 Å². The molecule has 0 amide bonds. The SMILES string of the molecule is Cc1cc2nccc(OS(=O)(=O)C(F)(F)F)c2cc1C. The zero-order valence-corrected chi connectivity index (χ0v) is 11.3. The number of hydrogen-bond acceptors (Lipinski definition) is 4. The Bertz CT molecular complexity index is 769. The zero-order valence-electron chi connectivity index (χ0n) is 10.5. The first-order valence-electron chi connectivity index (χ1n) is 5.48. The van der Waals surface area contributed by atoms with E-state index in [0.29, 0.717) is 5.52 Å². The van der Waals surface area contributed by atoms with E-state index >= 15 is 0 Å². The van der Waals surface area contributed by atoms with E-state index in [-0.39, 0.29) is 5.39 Å². The van der Waals surface area contributed by atoms with Gasteiger partial charge in [-0.05, 0) is 37.1 Å². The molecule has 0 aliphatic rings. The molecule has 1 heterocycles. The second-order valence-corrected chi connectivity index (χ2v) is 5.78. The highest BCUT2D eigenvalue weighted by Crippen LogP contribution is 2.31. The van der Waals surface area contributed by atoms with Gasteiger partial charge in [0.05, 0.1) is 5.52 Å². The van der Waals surface area contributed by atoms with Crippen molar-refractivity contribution in [2.45, 2.75) is 19.4 Å². The largest absolute Gasteiger partial charge is 0.534 e. The standard InChI is InChI=1S/C12H10F3NO3S/c1-7-5-9-10(6-8(7)2)16-4-3-11(9)19-20(17,18)12(13,14)15/h3-6H,1-2H3. The average Bonchev–Trinajstić information content (AvgIpc) is 2.30. The lowest BCUT2D eigenvalue weighted by atomic mass is 10.1. The van der Waals surface area contributed by atoms with Crippen molar-refractivity contribution in [1.29, 1.82) is 0 Å². The Morgan fingerprint density at radius 2 is 1.75 bits per heavy atom. The molecule has 1 aromatic carbocycles. The van der Waals surface area contributed by atoms with Crippen LogP contribution in [0, 0.1) is 13.8 Å². The van der Waals surface area contributed by atoms with Gasteiger partial charge in [-0.25, -0.2) is 0 Å². The van der Waals surface area contributed by atoms with Gasteiger partial charge in [-0.3, -0.25) is 4.98 Å². The number of halogens is 3. The van der Waals surface area contributed by atoms with Crippen LogP contribution in [0.1, 0.15) is 11.1 Å². The number of fused-ring (bicyclic) bond motifs is 1. The van der Waals surface area contributed by atoms with Gasteiger partial charge in [-0.1, -0.05) is 0 Å². The van der Waals surface area contributed by atoms with E-state index in [0.717, 1.165) is 17.2 Å². The van der Waals surface area contributed by atoms with Gasteiger partial charge in [0.15, 0.2) is 5.75 Å². The number of rotatable bonds is 2. The Labute approximate surface area is 113 Å². The smallest absolute Gasteiger partial charge is 0.375 e. The molecule has 0 unspecified atom stereocenters. The number of pyridine rings is 1. The van der Waals surface area contributed by atoms with Crippen molar-refractivity contribution in [3.63, 3.8) is 0 Å². The normalized spacial score (nSPS) is 12.7. The molecule has 20 heavy (non-hydrogen) atoms. The van der Waals surface area contributed by atoms with Crippen LogP contribution in [-0.4, -0.2) is 18.9 Å². The highest BCUT2D eigenvalue weighted by Gasteiger charge is 2.48. The van der Waals surface area contributed by atoms with E-state index in [1.54, 1.807) is 19.1 Å². The van der Waals surface area contributed by atoms with Gasteiger partial charge < -0.3 is 4.18 Å². The predicted octanol–water partition coefficient (Wildman–Crippen LogP) is 3.08. The van der Waals surface area contributed by atoms with Gasteiger partial charge in [0.1, 0.15) is 0 Å². The summed E-state index contributed by atoms with van der Waals surface area (Å²) in [6, 6.07) is 4.27. The lowest BCUT2D eigenvalue weighted by Gasteiger charge is -2.12. The highest BCUT2D eigenvalue weighted by molar-refractivity contribution is 7.88. The Morgan fingerprint density at radius 3 is 2.35 bits per heavy atom. The lowest BCUT2D eigenvalue weighted by Crippen LogP contribution is -2.28. The molecule has 2 rings (SSSR count). The highest BCUT2D eigenvalue weighted by atomic mass is 32.2. The first-order valence-corrected chi connectivity index (χ1v) is 6.89. The Morgan fingerprint density at radius 1 is 1.15 bits per heavy atom. The Balaban J connectivity index is 2.59. The lowest BCUT2D eigenvalue weighted by molar-refractivity contribution is -0.0499. The van der Waals surface area contributed by atoms with Crippen LogP contribution in [0.4, 0.5) is 13.2 Å². The van der Waals surface area contributed by atoms with Crippen molar-refractivity contribution in [2.75, 3.05) is 0 Å². The number of aryl methyl sites for hydroxylation is 2. The molecule has 0 atom stereocenters. The summed E-state index contributed by atoms with van der Waals surface area (Å²) in [4.78, 5) is 3.98. The van der Waals surface area contributed by atoms with E-state index < -0.39 is 21.4 Å². The molecule has 8 heteroatoms. The minimum Gasteiger partial charge on any atom is -0.375 e. The summed E-state index contributed by atoms with van der Waals surface area (Å²) >= 11 is 0. The number of alkyl halides is 3. The molecule has 108 valence electrons. The third-order valence-corrected chi connectivity index (χ3v) is 3.77. The van der Waals surface area contributed by atoms with Crippen LogP contribution in [0.2, 0.25) is 0 Å². The maximum absolute atomic E-state index is 12.3. The van der Waals surface area contributed by atoms with Gasteiger partial charge >= 0.3 is 15.6 Å². The van der Waals surface area contributed by atoms with Crippen molar-refractivity contribution in [2.24, 2.45) is 0 Å². The summed E-state index contributed by atoms with van der Waals surface area (Å²) in [5, 5.41) is 0.212. The van der Waals surface area contributed by atoms with E-state index in [4.69, 9.17) is 0 Å². The topological polar surface area (TPSA) is 56.3 Å². The zero-order chi connectivity index (χ0) is 15.1. The number of nitrogens with zero attached hydrogens (tertiary/aromatic N) is 1. The molecule has 0 radical (unpaired) electrons. The van der Waals surface area contributed by atoms with Crippen molar-refractivity contribution in [3.8, 4) is 5.75 Å².